The third-order valence-corrected chi connectivity index (χ3v) is 11.2. The maximum atomic E-state index is 13.5. The van der Waals surface area contributed by atoms with Crippen molar-refractivity contribution in [2.24, 2.45) is 0 Å². The van der Waals surface area contributed by atoms with Crippen molar-refractivity contribution in [2.45, 2.75) is 24.5 Å². The topological polar surface area (TPSA) is 81.4 Å². The van der Waals surface area contributed by atoms with Crippen molar-refractivity contribution in [1.82, 2.24) is 0 Å². The molecule has 2 atom stereocenters. The van der Waals surface area contributed by atoms with Crippen LogP contribution in [0.5, 0.6) is 5.75 Å². The van der Waals surface area contributed by atoms with Gasteiger partial charge >= 0.3 is 5.97 Å². The summed E-state index contributed by atoms with van der Waals surface area (Å²) in [6, 6.07) is 38.9. The Hall–Kier alpha value is -5.89. The number of hydrogen-bond acceptors (Lipinski definition) is 7. The lowest BCUT2D eigenvalue weighted by Crippen LogP contribution is -2.37. The number of carbonyl (C=O) groups is 1. The van der Waals surface area contributed by atoms with Gasteiger partial charge in [0.15, 0.2) is 5.60 Å². The van der Waals surface area contributed by atoms with E-state index in [-0.39, 0.29) is 13.0 Å². The molecule has 1 saturated heterocycles. The van der Waals surface area contributed by atoms with Crippen molar-refractivity contribution in [1.29, 1.82) is 0 Å². The second-order valence-corrected chi connectivity index (χ2v) is 14.0. The lowest BCUT2D eigenvalue weighted by Gasteiger charge is -2.39. The van der Waals surface area contributed by atoms with Crippen molar-refractivity contribution in [3.05, 3.63) is 149 Å². The number of carbonyl (C=O) groups excluding carboxylic acids is 1. The molecule has 7 aromatic rings. The first-order chi connectivity index (χ1) is 26.0. The smallest absolute Gasteiger partial charge is 0.309 e. The Balaban J connectivity index is 1.23. The Bertz CT molecular complexity index is 2600. The van der Waals surface area contributed by atoms with Gasteiger partial charge in [0.1, 0.15) is 22.5 Å². The lowest BCUT2D eigenvalue weighted by atomic mass is 9.79. The molecule has 0 saturated carbocycles. The van der Waals surface area contributed by atoms with Gasteiger partial charge in [0.05, 0.1) is 26.2 Å². The minimum absolute atomic E-state index is 0.205. The van der Waals surface area contributed by atoms with Gasteiger partial charge in [-0.2, -0.15) is 0 Å². The molecule has 0 amide bonds. The van der Waals surface area contributed by atoms with Crippen LogP contribution in [0.3, 0.4) is 0 Å². The molecule has 3 heterocycles. The summed E-state index contributed by atoms with van der Waals surface area (Å²) in [6.45, 7) is 5.11. The Morgan fingerprint density at radius 3 is 2.25 bits per heavy atom. The van der Waals surface area contributed by atoms with E-state index in [4.69, 9.17) is 18.6 Å². The van der Waals surface area contributed by atoms with E-state index in [0.29, 0.717) is 41.3 Å². The SMILES string of the molecule is CCOC(=O)CC1(O)c2c3c(c4ccccc4c2-c2ccc4oc5ccccc5c4c21)OC(c1ccccc1)(c1ccc(N2CCOCC2)cc1)C=C3. The fourth-order valence-corrected chi connectivity index (χ4v) is 8.88. The number of furan rings is 1. The van der Waals surface area contributed by atoms with Crippen LogP contribution in [0.1, 0.15) is 41.2 Å². The number of nitrogens with zero attached hydrogens (tertiary/aromatic N) is 1. The Kier molecular flexibility index (Phi) is 7.25. The lowest BCUT2D eigenvalue weighted by molar-refractivity contribution is -0.147. The number of rotatable bonds is 6. The highest BCUT2D eigenvalue weighted by atomic mass is 16.5. The summed E-state index contributed by atoms with van der Waals surface area (Å²) in [7, 11) is 0. The standard InChI is InChI=1S/C46H37NO6/c1-2-51-39(48)28-45(49)42-35(20-21-38-41(42)34-14-8-9-15-37(34)52-38)40-32-12-6-7-13-33(32)44-36(43(40)45)22-23-46(53-44,29-10-4-3-5-11-29)30-16-18-31(19-17-30)47-24-26-50-27-25-47/h3-23,49H,2,24-28H2,1H3. The van der Waals surface area contributed by atoms with Gasteiger partial charge in [-0.25, -0.2) is 0 Å². The molecule has 2 unspecified atom stereocenters. The Morgan fingerprint density at radius 2 is 1.47 bits per heavy atom. The maximum Gasteiger partial charge on any atom is 0.309 e. The van der Waals surface area contributed by atoms with E-state index in [1.54, 1.807) is 6.92 Å². The number of esters is 1. The summed E-state index contributed by atoms with van der Waals surface area (Å²) in [5.41, 5.74) is 5.47. The largest absolute Gasteiger partial charge is 0.472 e. The van der Waals surface area contributed by atoms with Crippen molar-refractivity contribution < 1.29 is 28.5 Å². The number of hydrogen-bond donors (Lipinski definition) is 1. The molecular formula is C46H37NO6. The van der Waals surface area contributed by atoms with E-state index in [1.165, 1.54) is 0 Å². The monoisotopic (exact) mass is 699 g/mol. The Morgan fingerprint density at radius 1 is 0.774 bits per heavy atom. The van der Waals surface area contributed by atoms with Gasteiger partial charge in [-0.3, -0.25) is 4.79 Å². The Labute approximate surface area is 306 Å². The molecule has 0 radical (unpaired) electrons. The van der Waals surface area contributed by atoms with E-state index in [2.05, 4.69) is 65.6 Å². The van der Waals surface area contributed by atoms with Crippen LogP contribution in [0.4, 0.5) is 5.69 Å². The predicted octanol–water partition coefficient (Wildman–Crippen LogP) is 9.09. The van der Waals surface area contributed by atoms with Crippen LogP contribution in [0.25, 0.3) is 49.9 Å². The van der Waals surface area contributed by atoms with E-state index >= 15 is 0 Å². The second-order valence-electron chi connectivity index (χ2n) is 14.0. The molecule has 262 valence electrons. The van der Waals surface area contributed by atoms with E-state index < -0.39 is 17.2 Å². The van der Waals surface area contributed by atoms with Gasteiger partial charge in [-0.05, 0) is 53.8 Å². The molecule has 6 aromatic carbocycles. The molecule has 7 nitrogen and oxygen atoms in total. The van der Waals surface area contributed by atoms with Crippen molar-refractivity contribution in [3.63, 3.8) is 0 Å². The molecule has 10 rings (SSSR count). The highest BCUT2D eigenvalue weighted by Crippen LogP contribution is 2.60. The highest BCUT2D eigenvalue weighted by Gasteiger charge is 2.50. The number of morpholine rings is 1. The van der Waals surface area contributed by atoms with Gasteiger partial charge in [0.25, 0.3) is 0 Å². The van der Waals surface area contributed by atoms with E-state index in [0.717, 1.165) is 68.1 Å². The first-order valence-corrected chi connectivity index (χ1v) is 18.3. The number of para-hydroxylation sites is 1. The minimum Gasteiger partial charge on any atom is -0.472 e. The van der Waals surface area contributed by atoms with Crippen LogP contribution in [0.2, 0.25) is 0 Å². The van der Waals surface area contributed by atoms with Crippen LogP contribution in [0, 0.1) is 0 Å². The third-order valence-electron chi connectivity index (χ3n) is 11.2. The molecule has 1 aromatic heterocycles. The number of anilines is 1. The van der Waals surface area contributed by atoms with Gasteiger partial charge in [0.2, 0.25) is 0 Å². The number of fused-ring (bicyclic) bond motifs is 12. The minimum atomic E-state index is -1.75. The van der Waals surface area contributed by atoms with Crippen LogP contribution < -0.4 is 9.64 Å². The van der Waals surface area contributed by atoms with Crippen molar-refractivity contribution in [3.8, 4) is 16.9 Å². The number of aliphatic hydroxyl groups is 1. The first-order valence-electron chi connectivity index (χ1n) is 18.3. The fraction of sp³-hybridized carbons (Fsp3) is 0.196. The highest BCUT2D eigenvalue weighted by molar-refractivity contribution is 6.15. The summed E-state index contributed by atoms with van der Waals surface area (Å²) in [5.74, 6) is 0.159. The average molecular weight is 700 g/mol. The molecule has 1 aliphatic carbocycles. The molecule has 0 spiro atoms. The molecule has 2 aliphatic heterocycles. The zero-order valence-electron chi connectivity index (χ0n) is 29.3. The van der Waals surface area contributed by atoms with Gasteiger partial charge in [0, 0.05) is 62.8 Å². The first kappa shape index (κ1) is 31.8. The summed E-state index contributed by atoms with van der Waals surface area (Å²) >= 11 is 0. The summed E-state index contributed by atoms with van der Waals surface area (Å²) in [5, 5.41) is 16.9. The van der Waals surface area contributed by atoms with Crippen LogP contribution in [-0.2, 0) is 25.5 Å². The summed E-state index contributed by atoms with van der Waals surface area (Å²) < 4.78 is 24.9. The van der Waals surface area contributed by atoms with Crippen molar-refractivity contribution in [2.75, 3.05) is 37.8 Å². The maximum absolute atomic E-state index is 13.5. The number of ether oxygens (including phenoxy) is 3. The molecule has 53 heavy (non-hydrogen) atoms. The molecule has 3 aliphatic rings. The zero-order valence-corrected chi connectivity index (χ0v) is 29.3. The molecular weight excluding hydrogens is 663 g/mol. The summed E-state index contributed by atoms with van der Waals surface area (Å²) in [4.78, 5) is 15.9. The molecule has 1 N–H and O–H groups in total. The normalized spacial score (nSPS) is 20.3. The van der Waals surface area contributed by atoms with Gasteiger partial charge < -0.3 is 28.6 Å². The molecule has 1 fully saturated rings. The quantitative estimate of drug-likeness (QED) is 0.174. The predicted molar refractivity (Wildman–Crippen MR) is 207 cm³/mol. The average Bonchev–Trinajstić information content (AvgIpc) is 3.71. The van der Waals surface area contributed by atoms with Crippen molar-refractivity contribution >= 4 is 50.4 Å². The molecule has 0 bridgehead atoms. The summed E-state index contributed by atoms with van der Waals surface area (Å²) in [6.07, 6.45) is 3.91. The van der Waals surface area contributed by atoms with Gasteiger partial charge in [-0.15, -0.1) is 0 Å². The van der Waals surface area contributed by atoms with E-state index in [1.807, 2.05) is 66.7 Å². The molecule has 7 heteroatoms. The fourth-order valence-electron chi connectivity index (χ4n) is 8.88. The van der Waals surface area contributed by atoms with Gasteiger partial charge in [-0.1, -0.05) is 97.1 Å². The second kappa shape index (κ2) is 12.1. The zero-order chi connectivity index (χ0) is 35.7. The number of benzene rings is 6. The van der Waals surface area contributed by atoms with Crippen LogP contribution in [-0.4, -0.2) is 44.0 Å². The third kappa shape index (κ3) is 4.70. The van der Waals surface area contributed by atoms with E-state index in [9.17, 15) is 9.90 Å². The van der Waals surface area contributed by atoms with Crippen LogP contribution >= 0.6 is 0 Å². The van der Waals surface area contributed by atoms with Crippen LogP contribution in [0.15, 0.2) is 126 Å².